The molecular formula is C18H25NO. The number of benzene rings is 1. The Bertz CT molecular complexity index is 470. The van der Waals surface area contributed by atoms with E-state index in [9.17, 15) is 4.79 Å². The Labute approximate surface area is 121 Å². The summed E-state index contributed by atoms with van der Waals surface area (Å²) in [5.74, 6) is 1.94. The first kappa shape index (κ1) is 13.8. The summed E-state index contributed by atoms with van der Waals surface area (Å²) in [6.45, 7) is 0.776. The van der Waals surface area contributed by atoms with E-state index >= 15 is 0 Å². The van der Waals surface area contributed by atoms with Gasteiger partial charge in [0.05, 0.1) is 0 Å². The third kappa shape index (κ3) is 2.80. The number of carbonyl (C=O) groups is 1. The van der Waals surface area contributed by atoms with Crippen LogP contribution >= 0.6 is 0 Å². The van der Waals surface area contributed by atoms with Crippen molar-refractivity contribution in [1.29, 1.82) is 0 Å². The van der Waals surface area contributed by atoms with Crippen LogP contribution in [0.1, 0.15) is 66.8 Å². The maximum atomic E-state index is 12.6. The van der Waals surface area contributed by atoms with Crippen molar-refractivity contribution in [3.63, 3.8) is 0 Å². The zero-order chi connectivity index (χ0) is 13.9. The SMILES string of the molecule is NCC1CCC(C(=O)c2cccc(C3CCC3)c2)CC1. The van der Waals surface area contributed by atoms with E-state index in [0.717, 1.165) is 37.8 Å². The van der Waals surface area contributed by atoms with Crippen molar-refractivity contribution in [3.05, 3.63) is 35.4 Å². The second-order valence-electron chi connectivity index (χ2n) is 6.57. The molecule has 0 heterocycles. The topological polar surface area (TPSA) is 43.1 Å². The molecule has 0 unspecified atom stereocenters. The Morgan fingerprint density at radius 3 is 2.45 bits per heavy atom. The minimum absolute atomic E-state index is 0.231. The highest BCUT2D eigenvalue weighted by atomic mass is 16.1. The van der Waals surface area contributed by atoms with Gasteiger partial charge < -0.3 is 5.73 Å². The van der Waals surface area contributed by atoms with E-state index in [0.29, 0.717) is 17.6 Å². The fourth-order valence-electron chi connectivity index (χ4n) is 3.58. The maximum Gasteiger partial charge on any atom is 0.165 e. The smallest absolute Gasteiger partial charge is 0.165 e. The fraction of sp³-hybridized carbons (Fsp3) is 0.611. The molecule has 2 aliphatic rings. The van der Waals surface area contributed by atoms with E-state index in [1.807, 2.05) is 6.07 Å². The van der Waals surface area contributed by atoms with Crippen molar-refractivity contribution in [1.82, 2.24) is 0 Å². The van der Waals surface area contributed by atoms with E-state index in [4.69, 9.17) is 5.73 Å². The molecule has 3 rings (SSSR count). The van der Waals surface area contributed by atoms with Crippen LogP contribution < -0.4 is 5.73 Å². The Balaban J connectivity index is 1.67. The molecule has 1 aromatic carbocycles. The molecule has 0 spiro atoms. The van der Waals surface area contributed by atoms with Gasteiger partial charge in [-0.3, -0.25) is 4.79 Å². The van der Waals surface area contributed by atoms with Crippen molar-refractivity contribution in [3.8, 4) is 0 Å². The van der Waals surface area contributed by atoms with Crippen LogP contribution in [-0.4, -0.2) is 12.3 Å². The van der Waals surface area contributed by atoms with Crippen LogP contribution in [0.15, 0.2) is 24.3 Å². The highest BCUT2D eigenvalue weighted by Crippen LogP contribution is 2.37. The lowest BCUT2D eigenvalue weighted by molar-refractivity contribution is 0.0873. The van der Waals surface area contributed by atoms with Crippen LogP contribution in [0.5, 0.6) is 0 Å². The Morgan fingerprint density at radius 2 is 1.85 bits per heavy atom. The molecule has 2 heteroatoms. The molecule has 2 aliphatic carbocycles. The molecule has 0 bridgehead atoms. The molecule has 20 heavy (non-hydrogen) atoms. The molecule has 0 atom stereocenters. The zero-order valence-electron chi connectivity index (χ0n) is 12.2. The van der Waals surface area contributed by atoms with E-state index in [2.05, 4.69) is 18.2 Å². The van der Waals surface area contributed by atoms with Crippen LogP contribution in [0.4, 0.5) is 0 Å². The van der Waals surface area contributed by atoms with Gasteiger partial charge in [0.15, 0.2) is 5.78 Å². The van der Waals surface area contributed by atoms with Gasteiger partial charge in [0, 0.05) is 11.5 Å². The van der Waals surface area contributed by atoms with E-state index in [1.165, 1.54) is 24.8 Å². The Morgan fingerprint density at radius 1 is 1.10 bits per heavy atom. The molecule has 2 fully saturated rings. The largest absolute Gasteiger partial charge is 0.330 e. The highest BCUT2D eigenvalue weighted by Gasteiger charge is 2.27. The first-order valence-corrected chi connectivity index (χ1v) is 8.12. The van der Waals surface area contributed by atoms with Crippen LogP contribution in [0.2, 0.25) is 0 Å². The zero-order valence-corrected chi connectivity index (χ0v) is 12.2. The normalized spacial score (nSPS) is 27.1. The van der Waals surface area contributed by atoms with Gasteiger partial charge in [-0.1, -0.05) is 24.6 Å². The predicted molar refractivity (Wildman–Crippen MR) is 81.9 cm³/mol. The number of nitrogens with two attached hydrogens (primary N) is 1. The quantitative estimate of drug-likeness (QED) is 0.844. The summed E-state index contributed by atoms with van der Waals surface area (Å²) < 4.78 is 0. The molecular weight excluding hydrogens is 246 g/mol. The number of ketones is 1. The minimum Gasteiger partial charge on any atom is -0.330 e. The summed E-state index contributed by atoms with van der Waals surface area (Å²) in [4.78, 5) is 12.6. The van der Waals surface area contributed by atoms with Gasteiger partial charge in [-0.05, 0) is 68.5 Å². The monoisotopic (exact) mass is 271 g/mol. The molecule has 0 radical (unpaired) electrons. The molecule has 0 saturated heterocycles. The third-order valence-electron chi connectivity index (χ3n) is 5.30. The van der Waals surface area contributed by atoms with Gasteiger partial charge >= 0.3 is 0 Å². The lowest BCUT2D eigenvalue weighted by Crippen LogP contribution is -2.26. The standard InChI is InChI=1S/C18H25NO/c19-12-13-7-9-15(10-8-13)18(20)17-6-2-5-16(11-17)14-3-1-4-14/h2,5-6,11,13-15H,1,3-4,7-10,12,19H2. The maximum absolute atomic E-state index is 12.6. The minimum atomic E-state index is 0.231. The van der Waals surface area contributed by atoms with Crippen molar-refractivity contribution >= 4 is 5.78 Å². The first-order chi connectivity index (χ1) is 9.78. The summed E-state index contributed by atoms with van der Waals surface area (Å²) in [5, 5.41) is 0. The number of carbonyl (C=O) groups excluding carboxylic acids is 1. The number of hydrogen-bond donors (Lipinski definition) is 1. The van der Waals surface area contributed by atoms with Gasteiger partial charge in [0.1, 0.15) is 0 Å². The van der Waals surface area contributed by atoms with Gasteiger partial charge in [-0.25, -0.2) is 0 Å². The van der Waals surface area contributed by atoms with Crippen LogP contribution in [0.3, 0.4) is 0 Å². The van der Waals surface area contributed by atoms with Crippen LogP contribution in [0.25, 0.3) is 0 Å². The van der Waals surface area contributed by atoms with E-state index in [1.54, 1.807) is 0 Å². The molecule has 2 saturated carbocycles. The average molecular weight is 271 g/mol. The van der Waals surface area contributed by atoms with Crippen LogP contribution in [0, 0.1) is 11.8 Å². The van der Waals surface area contributed by atoms with Crippen molar-refractivity contribution in [2.24, 2.45) is 17.6 Å². The summed E-state index contributed by atoms with van der Waals surface area (Å²) >= 11 is 0. The summed E-state index contributed by atoms with van der Waals surface area (Å²) in [6.07, 6.45) is 8.21. The lowest BCUT2D eigenvalue weighted by atomic mass is 9.77. The number of hydrogen-bond acceptors (Lipinski definition) is 2. The average Bonchev–Trinajstić information content (AvgIpc) is 2.45. The summed E-state index contributed by atoms with van der Waals surface area (Å²) in [7, 11) is 0. The molecule has 2 N–H and O–H groups in total. The second kappa shape index (κ2) is 6.09. The molecule has 108 valence electrons. The molecule has 2 nitrogen and oxygen atoms in total. The van der Waals surface area contributed by atoms with Crippen LogP contribution in [-0.2, 0) is 0 Å². The van der Waals surface area contributed by atoms with Gasteiger partial charge in [0.2, 0.25) is 0 Å². The number of rotatable bonds is 4. The summed E-state index contributed by atoms with van der Waals surface area (Å²) in [6, 6.07) is 8.40. The van der Waals surface area contributed by atoms with Crippen molar-refractivity contribution in [2.45, 2.75) is 50.9 Å². The Hall–Kier alpha value is -1.15. The highest BCUT2D eigenvalue weighted by molar-refractivity contribution is 5.98. The van der Waals surface area contributed by atoms with E-state index in [-0.39, 0.29) is 5.92 Å². The molecule has 0 amide bonds. The number of Topliss-reactive ketones (excluding diaryl/α,β-unsaturated/α-hetero) is 1. The Kier molecular flexibility index (Phi) is 4.21. The van der Waals surface area contributed by atoms with Gasteiger partial charge in [0.25, 0.3) is 0 Å². The van der Waals surface area contributed by atoms with Crippen molar-refractivity contribution < 1.29 is 4.79 Å². The molecule has 0 aliphatic heterocycles. The second-order valence-corrected chi connectivity index (χ2v) is 6.57. The van der Waals surface area contributed by atoms with Gasteiger partial charge in [-0.2, -0.15) is 0 Å². The van der Waals surface area contributed by atoms with E-state index < -0.39 is 0 Å². The third-order valence-corrected chi connectivity index (χ3v) is 5.30. The molecule has 0 aromatic heterocycles. The first-order valence-electron chi connectivity index (χ1n) is 8.12. The predicted octanol–water partition coefficient (Wildman–Crippen LogP) is 3.90. The fourth-order valence-corrected chi connectivity index (χ4v) is 3.58. The molecule has 1 aromatic rings. The van der Waals surface area contributed by atoms with Gasteiger partial charge in [-0.15, -0.1) is 0 Å². The lowest BCUT2D eigenvalue weighted by Gasteiger charge is -2.28. The van der Waals surface area contributed by atoms with Crippen molar-refractivity contribution in [2.75, 3.05) is 6.54 Å². The summed E-state index contributed by atoms with van der Waals surface area (Å²) in [5.41, 5.74) is 8.03.